The lowest BCUT2D eigenvalue weighted by atomic mass is 9.99. The van der Waals surface area contributed by atoms with Gasteiger partial charge in [-0.2, -0.15) is 4.98 Å². The predicted octanol–water partition coefficient (Wildman–Crippen LogP) is 4.03. The summed E-state index contributed by atoms with van der Waals surface area (Å²) in [7, 11) is 0. The molecule has 3 aromatic rings. The first-order chi connectivity index (χ1) is 19.2. The van der Waals surface area contributed by atoms with E-state index in [-0.39, 0.29) is 49.3 Å². The summed E-state index contributed by atoms with van der Waals surface area (Å²) < 4.78 is 71.6. The maximum absolute atomic E-state index is 15.3. The number of aromatic nitrogens is 2. The molecule has 1 aliphatic heterocycles. The Morgan fingerprint density at radius 2 is 2.03 bits per heavy atom. The van der Waals surface area contributed by atoms with Crippen molar-refractivity contribution in [2.24, 2.45) is 12.4 Å². The highest BCUT2D eigenvalue weighted by atomic mass is 19.3. The molecular weight excluding hydrogens is 497 g/mol. The largest absolute Gasteiger partial charge is 0.375 e. The van der Waals surface area contributed by atoms with Gasteiger partial charge in [-0.1, -0.05) is 24.0 Å². The van der Waals surface area contributed by atoms with E-state index in [1.807, 2.05) is 0 Å². The average molecular weight is 528 g/mol. The van der Waals surface area contributed by atoms with Gasteiger partial charge in [0, 0.05) is 34.4 Å². The van der Waals surface area contributed by atoms with E-state index in [0.29, 0.717) is 21.4 Å². The quantitative estimate of drug-likeness (QED) is 0.519. The molecule has 0 spiro atoms. The summed E-state index contributed by atoms with van der Waals surface area (Å²) in [6, 6.07) is 8.98. The van der Waals surface area contributed by atoms with Crippen LogP contribution in [0.1, 0.15) is 41.9 Å². The van der Waals surface area contributed by atoms with Crippen molar-refractivity contribution in [1.29, 1.82) is 0 Å². The van der Waals surface area contributed by atoms with Gasteiger partial charge in [0.2, 0.25) is 5.91 Å². The Morgan fingerprint density at radius 1 is 1.26 bits per heavy atom. The van der Waals surface area contributed by atoms with Gasteiger partial charge in [0.1, 0.15) is 11.2 Å². The summed E-state index contributed by atoms with van der Waals surface area (Å²) in [6.07, 6.45) is -2.50. The number of ether oxygens (including phenoxy) is 1. The second-order valence-electron chi connectivity index (χ2n) is 9.98. The van der Waals surface area contributed by atoms with Crippen LogP contribution in [0.3, 0.4) is 0 Å². The Morgan fingerprint density at radius 3 is 2.74 bits per heavy atom. The van der Waals surface area contributed by atoms with Gasteiger partial charge in [0.25, 0.3) is 6.43 Å². The number of carbonyl (C=O) groups is 1. The van der Waals surface area contributed by atoms with Gasteiger partial charge in [0.05, 0.1) is 29.7 Å². The molecular formula is C28H27F3N4O3. The molecule has 1 saturated carbocycles. The number of alkyl halides is 2. The van der Waals surface area contributed by atoms with Gasteiger partial charge in [0.15, 0.2) is 5.82 Å². The van der Waals surface area contributed by atoms with E-state index in [1.54, 1.807) is 36.9 Å². The van der Waals surface area contributed by atoms with Crippen molar-refractivity contribution in [3.05, 3.63) is 63.8 Å². The van der Waals surface area contributed by atoms with Crippen molar-refractivity contribution in [3.63, 3.8) is 0 Å². The molecule has 1 aliphatic carbocycles. The third-order valence-corrected chi connectivity index (χ3v) is 6.85. The number of anilines is 2. The molecule has 0 atom stereocenters. The fourth-order valence-electron chi connectivity index (χ4n) is 4.52. The Balaban J connectivity index is 1.57. The van der Waals surface area contributed by atoms with Gasteiger partial charge < -0.3 is 15.0 Å². The molecule has 2 heterocycles. The Hall–Kier alpha value is -3.84. The smallest absolute Gasteiger partial charge is 0.349 e. The third-order valence-electron chi connectivity index (χ3n) is 6.85. The number of aryl methyl sites for hydroxylation is 1. The molecule has 0 saturated heterocycles. The van der Waals surface area contributed by atoms with Crippen molar-refractivity contribution in [2.75, 3.05) is 18.1 Å². The Bertz CT molecular complexity index is 1660. The first kappa shape index (κ1) is 22.2. The zero-order valence-corrected chi connectivity index (χ0v) is 20.8. The number of halogens is 3. The first-order valence-electron chi connectivity index (χ1n) is 13.6. The van der Waals surface area contributed by atoms with Crippen molar-refractivity contribution in [1.82, 2.24) is 14.9 Å². The molecule has 1 N–H and O–H groups in total. The summed E-state index contributed by atoms with van der Waals surface area (Å²) in [5.41, 5.74) is -2.35. The lowest BCUT2D eigenvalue weighted by Gasteiger charge is -2.25. The van der Waals surface area contributed by atoms with Gasteiger partial charge in [-0.3, -0.25) is 9.36 Å². The standard InChI is InChI=1S/C28H27F3N4O3/c1-27(2,33-25(36)28(12-13-28)24(30)31)11-10-17-6-4-8-20-18(17)16-38-15-14-35(20)23-22-19(29)7-5-9-21(22)34(3)26(37)32-23/h4-9,24H,12-16H2,1-3H3,(H,33,36)/i3D3. The molecule has 5 rings (SSSR count). The summed E-state index contributed by atoms with van der Waals surface area (Å²) in [5.74, 6) is 4.42. The maximum Gasteiger partial charge on any atom is 0.349 e. The highest BCUT2D eigenvalue weighted by Gasteiger charge is 2.58. The number of nitrogens with zero attached hydrogens (tertiary/aromatic N) is 3. The fraction of sp³-hybridized carbons (Fsp3) is 0.393. The summed E-state index contributed by atoms with van der Waals surface area (Å²) in [4.78, 5) is 31.1. The second-order valence-corrected chi connectivity index (χ2v) is 9.98. The lowest BCUT2D eigenvalue weighted by Crippen LogP contribution is -2.47. The SMILES string of the molecule is [2H]C([2H])([2H])n1c(=O)nc(N2CCOCc3c(C#CC(C)(C)NC(=O)C4(C(F)F)CC4)cccc32)c2c(F)cccc21. The summed E-state index contributed by atoms with van der Waals surface area (Å²) >= 11 is 0. The third kappa shape index (κ3) is 4.52. The molecule has 38 heavy (non-hydrogen) atoms. The summed E-state index contributed by atoms with van der Waals surface area (Å²) in [5, 5.41) is 2.48. The van der Waals surface area contributed by atoms with Gasteiger partial charge in [-0.25, -0.2) is 18.0 Å². The number of amides is 1. The second kappa shape index (κ2) is 9.48. The molecule has 2 aliphatic rings. The molecule has 1 amide bonds. The van der Waals surface area contributed by atoms with Crippen LogP contribution in [-0.4, -0.2) is 40.6 Å². The van der Waals surface area contributed by atoms with E-state index in [9.17, 15) is 18.4 Å². The van der Waals surface area contributed by atoms with Crippen LogP contribution in [-0.2, 0) is 23.1 Å². The number of hydrogen-bond donors (Lipinski definition) is 1. The van der Waals surface area contributed by atoms with Crippen LogP contribution in [0.15, 0.2) is 41.2 Å². The highest BCUT2D eigenvalue weighted by molar-refractivity contribution is 5.93. The van der Waals surface area contributed by atoms with Crippen LogP contribution in [0.25, 0.3) is 10.9 Å². The monoisotopic (exact) mass is 527 g/mol. The Kier molecular flexibility index (Phi) is 5.53. The first-order valence-corrected chi connectivity index (χ1v) is 12.1. The highest BCUT2D eigenvalue weighted by Crippen LogP contribution is 2.51. The van der Waals surface area contributed by atoms with Crippen molar-refractivity contribution >= 4 is 28.3 Å². The van der Waals surface area contributed by atoms with Crippen LogP contribution in [0.2, 0.25) is 0 Å². The Labute approximate surface area is 221 Å². The molecule has 1 fully saturated rings. The lowest BCUT2D eigenvalue weighted by molar-refractivity contribution is -0.133. The molecule has 0 unspecified atom stereocenters. The van der Waals surface area contributed by atoms with E-state index in [0.717, 1.165) is 6.07 Å². The molecule has 198 valence electrons. The summed E-state index contributed by atoms with van der Waals surface area (Å²) in [6.45, 7) is 0.817. The minimum atomic E-state index is -2.88. The van der Waals surface area contributed by atoms with Crippen LogP contribution in [0.5, 0.6) is 0 Å². The maximum atomic E-state index is 15.3. The number of nitrogens with one attached hydrogen (secondary N) is 1. The van der Waals surface area contributed by atoms with E-state index in [2.05, 4.69) is 22.1 Å². The van der Waals surface area contributed by atoms with E-state index in [1.165, 1.54) is 12.1 Å². The van der Waals surface area contributed by atoms with Crippen molar-refractivity contribution in [3.8, 4) is 11.8 Å². The zero-order valence-electron chi connectivity index (χ0n) is 23.8. The van der Waals surface area contributed by atoms with Crippen LogP contribution < -0.4 is 15.9 Å². The van der Waals surface area contributed by atoms with Gasteiger partial charge in [-0.05, 0) is 51.0 Å². The number of hydrogen-bond acceptors (Lipinski definition) is 5. The predicted molar refractivity (Wildman–Crippen MR) is 137 cm³/mol. The number of rotatable bonds is 4. The number of benzene rings is 2. The van der Waals surface area contributed by atoms with Crippen molar-refractivity contribution < 1.29 is 26.8 Å². The van der Waals surface area contributed by atoms with Crippen LogP contribution in [0.4, 0.5) is 24.7 Å². The average Bonchev–Trinajstić information content (AvgIpc) is 3.71. The minimum Gasteiger partial charge on any atom is -0.375 e. The molecule has 0 radical (unpaired) electrons. The number of fused-ring (bicyclic) bond motifs is 2. The molecule has 1 aromatic heterocycles. The van der Waals surface area contributed by atoms with Crippen LogP contribution >= 0.6 is 0 Å². The molecule has 0 bridgehead atoms. The normalized spacial score (nSPS) is 17.9. The van der Waals surface area contributed by atoms with E-state index < -0.39 is 41.8 Å². The molecule has 7 nitrogen and oxygen atoms in total. The van der Waals surface area contributed by atoms with Crippen molar-refractivity contribution in [2.45, 2.75) is 45.3 Å². The fourth-order valence-corrected chi connectivity index (χ4v) is 4.52. The van der Waals surface area contributed by atoms with E-state index >= 15 is 4.39 Å². The molecule has 10 heteroatoms. The number of carbonyl (C=O) groups excluding carboxylic acids is 1. The van der Waals surface area contributed by atoms with Crippen LogP contribution in [0, 0.1) is 23.1 Å². The topological polar surface area (TPSA) is 76.5 Å². The molecule has 2 aromatic carbocycles. The van der Waals surface area contributed by atoms with Gasteiger partial charge >= 0.3 is 5.69 Å². The zero-order chi connectivity index (χ0) is 29.7. The minimum absolute atomic E-state index is 0.0604. The van der Waals surface area contributed by atoms with Gasteiger partial charge in [-0.15, -0.1) is 0 Å². The van der Waals surface area contributed by atoms with E-state index in [4.69, 9.17) is 8.85 Å².